The van der Waals surface area contributed by atoms with Crippen LogP contribution >= 0.6 is 12.4 Å². The van der Waals surface area contributed by atoms with E-state index >= 15 is 0 Å². The molecule has 1 N–H and O–H groups in total. The molecule has 3 rings (SSSR count). The summed E-state index contributed by atoms with van der Waals surface area (Å²) in [4.78, 5) is 0.300. The molecular formula is C11H19ClN4O2S. The van der Waals surface area contributed by atoms with Gasteiger partial charge in [0.1, 0.15) is 4.90 Å². The minimum absolute atomic E-state index is 0. The highest BCUT2D eigenvalue weighted by molar-refractivity contribution is 7.89. The molecule has 108 valence electrons. The van der Waals surface area contributed by atoms with Crippen molar-refractivity contribution in [1.29, 1.82) is 0 Å². The van der Waals surface area contributed by atoms with E-state index in [9.17, 15) is 8.42 Å². The largest absolute Gasteiger partial charge is 0.314 e. The molecule has 3 heterocycles. The van der Waals surface area contributed by atoms with Crippen molar-refractivity contribution < 1.29 is 8.42 Å². The van der Waals surface area contributed by atoms with E-state index in [-0.39, 0.29) is 12.4 Å². The molecule has 0 aromatic carbocycles. The number of nitrogens with zero attached hydrogens (tertiary/aromatic N) is 3. The van der Waals surface area contributed by atoms with E-state index in [0.29, 0.717) is 29.9 Å². The van der Waals surface area contributed by atoms with Gasteiger partial charge in [-0.2, -0.15) is 9.40 Å². The lowest BCUT2D eigenvalue weighted by Crippen LogP contribution is -2.46. The lowest BCUT2D eigenvalue weighted by molar-refractivity contribution is 0.247. The summed E-state index contributed by atoms with van der Waals surface area (Å²) in [5.41, 5.74) is 0. The SMILES string of the molecule is Cl.Cn1cc(S(=O)(=O)N2CCC3NCCC3C2)cn1. The molecule has 0 saturated carbocycles. The van der Waals surface area contributed by atoms with Gasteiger partial charge in [0.25, 0.3) is 0 Å². The maximum absolute atomic E-state index is 12.4. The molecule has 0 radical (unpaired) electrons. The van der Waals surface area contributed by atoms with Gasteiger partial charge in [0.2, 0.25) is 10.0 Å². The van der Waals surface area contributed by atoms with Crippen molar-refractivity contribution in [3.8, 4) is 0 Å². The van der Waals surface area contributed by atoms with Gasteiger partial charge in [0.05, 0.1) is 6.20 Å². The van der Waals surface area contributed by atoms with E-state index < -0.39 is 10.0 Å². The first-order valence-corrected chi connectivity index (χ1v) is 7.73. The number of hydrogen-bond donors (Lipinski definition) is 1. The van der Waals surface area contributed by atoms with Gasteiger partial charge in [-0.05, 0) is 25.3 Å². The third-order valence-corrected chi connectivity index (χ3v) is 5.76. The van der Waals surface area contributed by atoms with Crippen molar-refractivity contribution in [3.63, 3.8) is 0 Å². The predicted molar refractivity (Wildman–Crippen MR) is 73.7 cm³/mol. The lowest BCUT2D eigenvalue weighted by atomic mass is 9.95. The van der Waals surface area contributed by atoms with Crippen LogP contribution in [0, 0.1) is 5.92 Å². The summed E-state index contributed by atoms with van der Waals surface area (Å²) in [7, 11) is -1.63. The van der Waals surface area contributed by atoms with E-state index in [1.165, 1.54) is 10.9 Å². The minimum Gasteiger partial charge on any atom is -0.314 e. The monoisotopic (exact) mass is 306 g/mol. The number of sulfonamides is 1. The Hall–Kier alpha value is -0.630. The third-order valence-electron chi connectivity index (χ3n) is 3.94. The Balaban J connectivity index is 0.00000133. The highest BCUT2D eigenvalue weighted by atomic mass is 35.5. The summed E-state index contributed by atoms with van der Waals surface area (Å²) >= 11 is 0. The van der Waals surface area contributed by atoms with Crippen LogP contribution in [0.4, 0.5) is 0 Å². The van der Waals surface area contributed by atoms with E-state index in [1.54, 1.807) is 17.5 Å². The highest BCUT2D eigenvalue weighted by Crippen LogP contribution is 2.28. The van der Waals surface area contributed by atoms with Crippen LogP contribution in [0.15, 0.2) is 17.3 Å². The van der Waals surface area contributed by atoms with Crippen molar-refractivity contribution in [2.45, 2.75) is 23.8 Å². The average Bonchev–Trinajstić information content (AvgIpc) is 2.96. The molecule has 6 nitrogen and oxygen atoms in total. The smallest absolute Gasteiger partial charge is 0.246 e. The van der Waals surface area contributed by atoms with Crippen LogP contribution in [0.3, 0.4) is 0 Å². The molecule has 0 spiro atoms. The van der Waals surface area contributed by atoms with Gasteiger partial charge in [-0.25, -0.2) is 8.42 Å². The fraction of sp³-hybridized carbons (Fsp3) is 0.727. The Morgan fingerprint density at radius 2 is 2.21 bits per heavy atom. The first-order chi connectivity index (χ1) is 8.57. The maximum Gasteiger partial charge on any atom is 0.246 e. The van der Waals surface area contributed by atoms with E-state index in [1.807, 2.05) is 0 Å². The van der Waals surface area contributed by atoms with Crippen molar-refractivity contribution >= 4 is 22.4 Å². The lowest BCUT2D eigenvalue weighted by Gasteiger charge is -2.33. The van der Waals surface area contributed by atoms with Gasteiger partial charge in [-0.15, -0.1) is 12.4 Å². The molecule has 0 aliphatic carbocycles. The molecule has 2 saturated heterocycles. The normalized spacial score (nSPS) is 27.8. The summed E-state index contributed by atoms with van der Waals surface area (Å²) in [5.74, 6) is 0.463. The first-order valence-electron chi connectivity index (χ1n) is 6.29. The quantitative estimate of drug-likeness (QED) is 0.848. The van der Waals surface area contributed by atoms with Gasteiger partial charge in [0, 0.05) is 32.4 Å². The van der Waals surface area contributed by atoms with Crippen LogP contribution in [-0.2, 0) is 17.1 Å². The molecule has 8 heteroatoms. The third kappa shape index (κ3) is 2.65. The zero-order valence-electron chi connectivity index (χ0n) is 10.8. The van der Waals surface area contributed by atoms with Gasteiger partial charge in [-0.1, -0.05) is 0 Å². The van der Waals surface area contributed by atoms with Crippen molar-refractivity contribution in [2.75, 3.05) is 19.6 Å². The molecule has 2 unspecified atom stereocenters. The summed E-state index contributed by atoms with van der Waals surface area (Å²) in [6.07, 6.45) is 4.97. The second-order valence-electron chi connectivity index (χ2n) is 5.11. The Morgan fingerprint density at radius 3 is 2.89 bits per heavy atom. The van der Waals surface area contributed by atoms with E-state index in [4.69, 9.17) is 0 Å². The Kier molecular flexibility index (Phi) is 4.20. The van der Waals surface area contributed by atoms with Gasteiger partial charge in [-0.3, -0.25) is 4.68 Å². The number of aryl methyl sites for hydroxylation is 1. The molecule has 1 aromatic heterocycles. The standard InChI is InChI=1S/C11H18N4O2S.ClH/c1-14-8-10(6-13-14)18(16,17)15-5-3-11-9(7-15)2-4-12-11;/h6,8-9,11-12H,2-5,7H2,1H3;1H. The fourth-order valence-corrected chi connectivity index (χ4v) is 4.41. The topological polar surface area (TPSA) is 67.2 Å². The molecular weight excluding hydrogens is 288 g/mol. The maximum atomic E-state index is 12.4. The van der Waals surface area contributed by atoms with Crippen LogP contribution in [-0.4, -0.2) is 48.2 Å². The van der Waals surface area contributed by atoms with Crippen molar-refractivity contribution in [3.05, 3.63) is 12.4 Å². The molecule has 2 aliphatic rings. The number of nitrogens with one attached hydrogen (secondary N) is 1. The zero-order valence-corrected chi connectivity index (χ0v) is 12.5. The van der Waals surface area contributed by atoms with Crippen LogP contribution in [0.2, 0.25) is 0 Å². The first kappa shape index (κ1) is 14.8. The Labute approximate surface area is 119 Å². The number of halogens is 1. The Bertz CT molecular complexity index is 545. The molecule has 0 bridgehead atoms. The number of piperidine rings is 1. The van der Waals surface area contributed by atoms with E-state index in [0.717, 1.165) is 19.4 Å². The van der Waals surface area contributed by atoms with E-state index in [2.05, 4.69) is 10.4 Å². The van der Waals surface area contributed by atoms with Crippen LogP contribution in [0.25, 0.3) is 0 Å². The molecule has 2 aliphatic heterocycles. The summed E-state index contributed by atoms with van der Waals surface area (Å²) in [5, 5.41) is 7.38. The van der Waals surface area contributed by atoms with Gasteiger partial charge in [0.15, 0.2) is 0 Å². The number of rotatable bonds is 2. The summed E-state index contributed by atoms with van der Waals surface area (Å²) in [6, 6.07) is 0.505. The zero-order chi connectivity index (χ0) is 12.8. The predicted octanol–water partition coefficient (Wildman–Crippen LogP) is 0.214. The summed E-state index contributed by atoms with van der Waals surface area (Å²) in [6.45, 7) is 2.25. The van der Waals surface area contributed by atoms with Crippen molar-refractivity contribution in [1.82, 2.24) is 19.4 Å². The molecule has 0 amide bonds. The Morgan fingerprint density at radius 1 is 1.42 bits per heavy atom. The van der Waals surface area contributed by atoms with Gasteiger partial charge < -0.3 is 5.32 Å². The second kappa shape index (κ2) is 5.40. The molecule has 19 heavy (non-hydrogen) atoms. The van der Waals surface area contributed by atoms with Crippen LogP contribution < -0.4 is 5.32 Å². The minimum atomic E-state index is -3.36. The highest BCUT2D eigenvalue weighted by Gasteiger charge is 2.37. The van der Waals surface area contributed by atoms with Crippen molar-refractivity contribution in [2.24, 2.45) is 13.0 Å². The fourth-order valence-electron chi connectivity index (χ4n) is 2.91. The molecule has 2 fully saturated rings. The second-order valence-corrected chi connectivity index (χ2v) is 7.05. The average molecular weight is 307 g/mol. The van der Waals surface area contributed by atoms with Crippen LogP contribution in [0.1, 0.15) is 12.8 Å². The molecule has 1 aromatic rings. The number of hydrogen-bond acceptors (Lipinski definition) is 4. The number of aromatic nitrogens is 2. The number of fused-ring (bicyclic) bond motifs is 1. The summed E-state index contributed by atoms with van der Waals surface area (Å²) < 4.78 is 28.0. The molecule has 2 atom stereocenters. The van der Waals surface area contributed by atoms with Crippen LogP contribution in [0.5, 0.6) is 0 Å². The van der Waals surface area contributed by atoms with Gasteiger partial charge >= 0.3 is 0 Å².